The molecule has 0 aliphatic heterocycles. The Morgan fingerprint density at radius 2 is 0.763 bits per heavy atom. The predicted octanol–water partition coefficient (Wildman–Crippen LogP) is 0.274. The zero-order valence-electron chi connectivity index (χ0n) is 23.8. The lowest BCUT2D eigenvalue weighted by Gasteiger charge is -2.27. The van der Waals surface area contributed by atoms with E-state index in [0.29, 0.717) is 132 Å². The van der Waals surface area contributed by atoms with Crippen LogP contribution in [-0.4, -0.2) is 148 Å². The highest BCUT2D eigenvalue weighted by molar-refractivity contribution is 5.68. The van der Waals surface area contributed by atoms with E-state index in [1.165, 1.54) is 0 Å². The molecule has 0 aliphatic rings. The van der Waals surface area contributed by atoms with Crippen LogP contribution in [0, 0.1) is 0 Å². The van der Waals surface area contributed by atoms with Gasteiger partial charge in [-0.15, -0.1) is 0 Å². The highest BCUT2D eigenvalue weighted by Crippen LogP contribution is 2.10. The molecule has 0 aromatic rings. The number of carbonyl (C=O) groups excluding carboxylic acids is 1. The lowest BCUT2D eigenvalue weighted by molar-refractivity contribution is -0.0141. The molecule has 0 unspecified atom stereocenters. The minimum atomic E-state index is -0.587. The maximum atomic E-state index is 12.5. The molecule has 0 saturated heterocycles. The van der Waals surface area contributed by atoms with Gasteiger partial charge in [-0.1, -0.05) is 0 Å². The van der Waals surface area contributed by atoms with Crippen molar-refractivity contribution in [2.24, 2.45) is 11.5 Å². The van der Waals surface area contributed by atoms with Gasteiger partial charge in [-0.05, 0) is 20.8 Å². The van der Waals surface area contributed by atoms with Gasteiger partial charge in [0.2, 0.25) is 0 Å². The van der Waals surface area contributed by atoms with Gasteiger partial charge >= 0.3 is 6.09 Å². The molecule has 0 saturated carbocycles. The van der Waals surface area contributed by atoms with Crippen molar-refractivity contribution in [1.29, 1.82) is 0 Å². The molecule has 0 radical (unpaired) electrons. The molecule has 1 amide bonds. The van der Waals surface area contributed by atoms with Crippen molar-refractivity contribution in [1.82, 2.24) is 4.90 Å². The molecule has 0 bridgehead atoms. The summed E-state index contributed by atoms with van der Waals surface area (Å²) in [5, 5.41) is 0. The molecule has 0 aromatic carbocycles. The van der Waals surface area contributed by atoms with Crippen LogP contribution in [0.3, 0.4) is 0 Å². The van der Waals surface area contributed by atoms with E-state index in [1.807, 2.05) is 20.8 Å². The van der Waals surface area contributed by atoms with Crippen molar-refractivity contribution in [3.63, 3.8) is 0 Å². The number of amides is 1. The third kappa shape index (κ3) is 27.9. The minimum Gasteiger partial charge on any atom is -0.444 e. The molecule has 4 N–H and O–H groups in total. The Kier molecular flexibility index (Phi) is 26.6. The quantitative estimate of drug-likeness (QED) is 0.127. The third-order valence-electron chi connectivity index (χ3n) is 4.42. The Labute approximate surface area is 228 Å². The highest BCUT2D eigenvalue weighted by atomic mass is 16.6. The van der Waals surface area contributed by atoms with E-state index in [1.54, 1.807) is 4.90 Å². The first-order chi connectivity index (χ1) is 18.4. The van der Waals surface area contributed by atoms with Crippen molar-refractivity contribution in [3.8, 4) is 0 Å². The SMILES string of the molecule is CC(C)(C)OC(=O)N(CCOCCOCCOCCOCCN)CCOCCOCCOCCOCCN. The summed E-state index contributed by atoms with van der Waals surface area (Å²) in [4.78, 5) is 14.1. The lowest BCUT2D eigenvalue weighted by atomic mass is 10.2. The van der Waals surface area contributed by atoms with Gasteiger partial charge in [0.1, 0.15) is 5.60 Å². The maximum absolute atomic E-state index is 12.5. The van der Waals surface area contributed by atoms with Crippen LogP contribution in [0.15, 0.2) is 0 Å². The molecule has 0 atom stereocenters. The number of hydrogen-bond donors (Lipinski definition) is 2. The number of ether oxygens (including phenoxy) is 9. The molecule has 0 aromatic heterocycles. The maximum Gasteiger partial charge on any atom is 0.410 e. The average Bonchev–Trinajstić information content (AvgIpc) is 2.87. The van der Waals surface area contributed by atoms with Gasteiger partial charge in [-0.2, -0.15) is 0 Å². The largest absolute Gasteiger partial charge is 0.444 e. The molecular weight excluding hydrogens is 502 g/mol. The van der Waals surface area contributed by atoms with E-state index in [9.17, 15) is 4.79 Å². The van der Waals surface area contributed by atoms with Crippen molar-refractivity contribution in [2.75, 3.05) is 132 Å². The summed E-state index contributed by atoms with van der Waals surface area (Å²) in [7, 11) is 0. The van der Waals surface area contributed by atoms with Gasteiger partial charge in [0.25, 0.3) is 0 Å². The van der Waals surface area contributed by atoms with Gasteiger partial charge in [-0.25, -0.2) is 4.79 Å². The first-order valence-electron chi connectivity index (χ1n) is 13.4. The number of hydrogen-bond acceptors (Lipinski definition) is 12. The number of nitrogens with zero attached hydrogens (tertiary/aromatic N) is 1. The van der Waals surface area contributed by atoms with Crippen LogP contribution >= 0.6 is 0 Å². The van der Waals surface area contributed by atoms with E-state index < -0.39 is 11.7 Å². The van der Waals surface area contributed by atoms with Gasteiger partial charge in [0, 0.05) is 26.2 Å². The molecule has 13 heteroatoms. The molecule has 0 heterocycles. The molecule has 0 rings (SSSR count). The van der Waals surface area contributed by atoms with Gasteiger partial charge in [0.05, 0.1) is 106 Å². The summed E-state index contributed by atoms with van der Waals surface area (Å²) in [5.74, 6) is 0. The number of nitrogens with two attached hydrogens (primary N) is 2. The Hall–Kier alpha value is -1.13. The molecule has 0 aliphatic carbocycles. The summed E-state index contributed by atoms with van der Waals surface area (Å²) in [5.41, 5.74) is 10.1. The molecule has 228 valence electrons. The second-order valence-corrected chi connectivity index (χ2v) is 8.94. The van der Waals surface area contributed by atoms with Gasteiger partial charge in [-0.3, -0.25) is 0 Å². The van der Waals surface area contributed by atoms with Crippen molar-refractivity contribution < 1.29 is 47.4 Å². The van der Waals surface area contributed by atoms with E-state index in [-0.39, 0.29) is 0 Å². The van der Waals surface area contributed by atoms with Crippen molar-refractivity contribution >= 4 is 6.09 Å². The zero-order chi connectivity index (χ0) is 28.2. The fraction of sp³-hybridized carbons (Fsp3) is 0.960. The lowest BCUT2D eigenvalue weighted by Crippen LogP contribution is -2.40. The van der Waals surface area contributed by atoms with E-state index in [2.05, 4.69) is 0 Å². The predicted molar refractivity (Wildman–Crippen MR) is 142 cm³/mol. The highest BCUT2D eigenvalue weighted by Gasteiger charge is 2.21. The molecular formula is C25H53N3O10. The smallest absolute Gasteiger partial charge is 0.410 e. The second kappa shape index (κ2) is 27.4. The monoisotopic (exact) mass is 555 g/mol. The van der Waals surface area contributed by atoms with Crippen molar-refractivity contribution in [2.45, 2.75) is 26.4 Å². The van der Waals surface area contributed by atoms with E-state index in [0.717, 1.165) is 0 Å². The zero-order valence-corrected chi connectivity index (χ0v) is 23.8. The second-order valence-electron chi connectivity index (χ2n) is 8.94. The summed E-state index contributed by atoms with van der Waals surface area (Å²) in [6.45, 7) is 14.8. The summed E-state index contributed by atoms with van der Waals surface area (Å²) < 4.78 is 48.8. The van der Waals surface area contributed by atoms with Crippen LogP contribution < -0.4 is 11.5 Å². The Morgan fingerprint density at radius 3 is 1.03 bits per heavy atom. The van der Waals surface area contributed by atoms with Crippen LogP contribution in [0.4, 0.5) is 4.79 Å². The summed E-state index contributed by atoms with van der Waals surface area (Å²) in [6.07, 6.45) is -0.405. The summed E-state index contributed by atoms with van der Waals surface area (Å²) in [6, 6.07) is 0. The fourth-order valence-corrected chi connectivity index (χ4v) is 2.66. The molecule has 13 nitrogen and oxygen atoms in total. The minimum absolute atomic E-state index is 0.359. The van der Waals surface area contributed by atoms with E-state index >= 15 is 0 Å². The number of rotatable bonds is 28. The molecule has 0 fully saturated rings. The van der Waals surface area contributed by atoms with Gasteiger partial charge < -0.3 is 59.0 Å². The standard InChI is InChI=1S/C25H53N3O10/c1-25(2,3)38-24(29)28(6-10-32-14-18-36-22-20-34-16-12-30-8-4-26)7-11-33-15-19-37-23-21-35-17-13-31-9-5-27/h4-23,26-27H2,1-3H3. The van der Waals surface area contributed by atoms with Crippen LogP contribution in [0.2, 0.25) is 0 Å². The van der Waals surface area contributed by atoms with Crippen LogP contribution in [0.1, 0.15) is 20.8 Å². The first-order valence-corrected chi connectivity index (χ1v) is 13.4. The summed E-state index contributed by atoms with van der Waals surface area (Å²) >= 11 is 0. The first kappa shape index (κ1) is 36.9. The van der Waals surface area contributed by atoms with Crippen molar-refractivity contribution in [3.05, 3.63) is 0 Å². The Morgan fingerprint density at radius 1 is 0.500 bits per heavy atom. The molecule has 38 heavy (non-hydrogen) atoms. The van der Waals surface area contributed by atoms with Crippen LogP contribution in [0.5, 0.6) is 0 Å². The number of carbonyl (C=O) groups is 1. The Bertz CT molecular complexity index is 482. The third-order valence-corrected chi connectivity index (χ3v) is 4.42. The topological polar surface area (TPSA) is 155 Å². The molecule has 0 spiro atoms. The normalized spacial score (nSPS) is 11.7. The fourth-order valence-electron chi connectivity index (χ4n) is 2.66. The van der Waals surface area contributed by atoms with Gasteiger partial charge in [0.15, 0.2) is 0 Å². The van der Waals surface area contributed by atoms with E-state index in [4.69, 9.17) is 54.1 Å². The van der Waals surface area contributed by atoms with Crippen LogP contribution in [-0.2, 0) is 42.6 Å². The Balaban J connectivity index is 3.86. The average molecular weight is 556 g/mol. The van der Waals surface area contributed by atoms with Crippen LogP contribution in [0.25, 0.3) is 0 Å².